The smallest absolute Gasteiger partial charge is 0.343 e. The zero-order valence-corrected chi connectivity index (χ0v) is 10.1. The van der Waals surface area contributed by atoms with E-state index in [2.05, 4.69) is 10.2 Å². The molecule has 1 aromatic heterocycles. The van der Waals surface area contributed by atoms with Crippen molar-refractivity contribution in [1.82, 2.24) is 14.8 Å². The SMILES string of the molecule is Nc1cccc(Cc2n[nH]c(=O)n2C2CCC2)c1. The summed E-state index contributed by atoms with van der Waals surface area (Å²) in [5.41, 5.74) is 7.47. The second kappa shape index (κ2) is 4.33. The molecule has 0 spiro atoms. The average molecular weight is 244 g/mol. The Labute approximate surface area is 105 Å². The van der Waals surface area contributed by atoms with E-state index in [9.17, 15) is 4.79 Å². The van der Waals surface area contributed by atoms with E-state index in [-0.39, 0.29) is 5.69 Å². The maximum absolute atomic E-state index is 11.8. The summed E-state index contributed by atoms with van der Waals surface area (Å²) in [6.45, 7) is 0. The van der Waals surface area contributed by atoms with E-state index in [1.165, 1.54) is 6.42 Å². The zero-order chi connectivity index (χ0) is 12.5. The van der Waals surface area contributed by atoms with Crippen LogP contribution in [0.5, 0.6) is 0 Å². The Kier molecular flexibility index (Phi) is 2.66. The van der Waals surface area contributed by atoms with E-state index >= 15 is 0 Å². The average Bonchev–Trinajstić information content (AvgIpc) is 2.60. The summed E-state index contributed by atoms with van der Waals surface area (Å²) in [5.74, 6) is 0.801. The van der Waals surface area contributed by atoms with Crippen LogP contribution in [0.3, 0.4) is 0 Å². The maximum Gasteiger partial charge on any atom is 0.343 e. The predicted octanol–water partition coefficient (Wildman–Crippen LogP) is 1.47. The van der Waals surface area contributed by atoms with Crippen molar-refractivity contribution in [3.05, 3.63) is 46.1 Å². The lowest BCUT2D eigenvalue weighted by molar-refractivity contribution is 0.300. The van der Waals surface area contributed by atoms with Gasteiger partial charge in [0.25, 0.3) is 0 Å². The van der Waals surface area contributed by atoms with Gasteiger partial charge in [0.2, 0.25) is 0 Å². The molecule has 5 nitrogen and oxygen atoms in total. The molecule has 0 bridgehead atoms. The molecule has 0 aliphatic heterocycles. The molecule has 1 heterocycles. The van der Waals surface area contributed by atoms with Crippen LogP contribution in [0, 0.1) is 0 Å². The molecular weight excluding hydrogens is 228 g/mol. The number of rotatable bonds is 3. The van der Waals surface area contributed by atoms with Gasteiger partial charge in [-0.1, -0.05) is 12.1 Å². The number of nitrogens with zero attached hydrogens (tertiary/aromatic N) is 2. The molecule has 1 aliphatic rings. The molecule has 5 heteroatoms. The van der Waals surface area contributed by atoms with Gasteiger partial charge >= 0.3 is 5.69 Å². The Morgan fingerprint density at radius 3 is 2.94 bits per heavy atom. The van der Waals surface area contributed by atoms with Crippen molar-refractivity contribution < 1.29 is 0 Å². The summed E-state index contributed by atoms with van der Waals surface area (Å²) >= 11 is 0. The van der Waals surface area contributed by atoms with E-state index < -0.39 is 0 Å². The molecular formula is C13H16N4O. The van der Waals surface area contributed by atoms with E-state index in [0.717, 1.165) is 29.9 Å². The highest BCUT2D eigenvalue weighted by Gasteiger charge is 2.24. The summed E-state index contributed by atoms with van der Waals surface area (Å²) in [4.78, 5) is 11.8. The fourth-order valence-electron chi connectivity index (χ4n) is 2.37. The quantitative estimate of drug-likeness (QED) is 0.803. The van der Waals surface area contributed by atoms with Crippen molar-refractivity contribution in [2.24, 2.45) is 0 Å². The predicted molar refractivity (Wildman–Crippen MR) is 69.4 cm³/mol. The number of nitrogens with two attached hydrogens (primary N) is 1. The van der Waals surface area contributed by atoms with Crippen molar-refractivity contribution in [3.63, 3.8) is 0 Å². The zero-order valence-electron chi connectivity index (χ0n) is 10.1. The molecule has 94 valence electrons. The molecule has 1 fully saturated rings. The number of aromatic amines is 1. The lowest BCUT2D eigenvalue weighted by Gasteiger charge is -2.26. The molecule has 0 unspecified atom stereocenters. The molecule has 2 aromatic rings. The van der Waals surface area contributed by atoms with Crippen molar-refractivity contribution in [3.8, 4) is 0 Å². The number of hydrogen-bond acceptors (Lipinski definition) is 3. The second-order valence-electron chi connectivity index (χ2n) is 4.82. The standard InChI is InChI=1S/C13H16N4O/c14-10-4-1-3-9(7-10)8-12-15-16-13(18)17(12)11-5-2-6-11/h1,3-4,7,11H,2,5-6,8,14H2,(H,16,18). The van der Waals surface area contributed by atoms with Gasteiger partial charge in [0, 0.05) is 18.2 Å². The third-order valence-electron chi connectivity index (χ3n) is 3.53. The molecule has 3 N–H and O–H groups in total. The van der Waals surface area contributed by atoms with Crippen LogP contribution in [0.15, 0.2) is 29.1 Å². The summed E-state index contributed by atoms with van der Waals surface area (Å²) in [7, 11) is 0. The van der Waals surface area contributed by atoms with Crippen LogP contribution in [0.2, 0.25) is 0 Å². The first-order chi connectivity index (χ1) is 8.74. The van der Waals surface area contributed by atoms with E-state index in [1.807, 2.05) is 24.3 Å². The van der Waals surface area contributed by atoms with Crippen molar-refractivity contribution in [2.75, 3.05) is 5.73 Å². The minimum Gasteiger partial charge on any atom is -0.399 e. The Morgan fingerprint density at radius 1 is 1.44 bits per heavy atom. The topological polar surface area (TPSA) is 76.7 Å². The van der Waals surface area contributed by atoms with Gasteiger partial charge in [-0.25, -0.2) is 9.89 Å². The molecule has 0 atom stereocenters. The summed E-state index contributed by atoms with van der Waals surface area (Å²) in [5, 5.41) is 6.68. The number of anilines is 1. The van der Waals surface area contributed by atoms with Crippen LogP contribution in [-0.2, 0) is 6.42 Å². The first kappa shape index (κ1) is 11.1. The Bertz CT molecular complexity index is 609. The van der Waals surface area contributed by atoms with Gasteiger partial charge < -0.3 is 5.73 Å². The number of hydrogen-bond donors (Lipinski definition) is 2. The van der Waals surface area contributed by atoms with Gasteiger partial charge in [0.15, 0.2) is 0 Å². The van der Waals surface area contributed by atoms with Gasteiger partial charge in [0.1, 0.15) is 5.82 Å². The molecule has 0 amide bonds. The van der Waals surface area contributed by atoms with Gasteiger partial charge in [-0.2, -0.15) is 5.10 Å². The monoisotopic (exact) mass is 244 g/mol. The Balaban J connectivity index is 1.91. The normalized spacial score (nSPS) is 15.6. The van der Waals surface area contributed by atoms with Crippen LogP contribution >= 0.6 is 0 Å². The van der Waals surface area contributed by atoms with Gasteiger partial charge in [0.05, 0.1) is 0 Å². The van der Waals surface area contributed by atoms with Gasteiger partial charge in [-0.05, 0) is 37.0 Å². The van der Waals surface area contributed by atoms with Crippen molar-refractivity contribution in [1.29, 1.82) is 0 Å². The maximum atomic E-state index is 11.8. The lowest BCUT2D eigenvalue weighted by Crippen LogP contribution is -2.28. The summed E-state index contributed by atoms with van der Waals surface area (Å²) < 4.78 is 1.80. The number of nitrogen functional groups attached to an aromatic ring is 1. The largest absolute Gasteiger partial charge is 0.399 e. The second-order valence-corrected chi connectivity index (χ2v) is 4.82. The van der Waals surface area contributed by atoms with E-state index in [1.54, 1.807) is 4.57 Å². The summed E-state index contributed by atoms with van der Waals surface area (Å²) in [6.07, 6.45) is 3.98. The minimum absolute atomic E-state index is 0.0985. The van der Waals surface area contributed by atoms with Gasteiger partial charge in [-0.15, -0.1) is 0 Å². The molecule has 1 aromatic carbocycles. The minimum atomic E-state index is -0.0985. The Hall–Kier alpha value is -2.04. The molecule has 0 radical (unpaired) electrons. The number of benzene rings is 1. The lowest BCUT2D eigenvalue weighted by atomic mass is 9.92. The highest BCUT2D eigenvalue weighted by Crippen LogP contribution is 2.31. The van der Waals surface area contributed by atoms with Crippen LogP contribution < -0.4 is 11.4 Å². The van der Waals surface area contributed by atoms with E-state index in [0.29, 0.717) is 12.5 Å². The van der Waals surface area contributed by atoms with Crippen LogP contribution in [-0.4, -0.2) is 14.8 Å². The molecule has 0 saturated heterocycles. The van der Waals surface area contributed by atoms with Crippen LogP contribution in [0.4, 0.5) is 5.69 Å². The molecule has 18 heavy (non-hydrogen) atoms. The first-order valence-corrected chi connectivity index (χ1v) is 6.24. The highest BCUT2D eigenvalue weighted by atomic mass is 16.1. The number of aromatic nitrogens is 3. The fourth-order valence-corrected chi connectivity index (χ4v) is 2.37. The third kappa shape index (κ3) is 1.92. The molecule has 1 saturated carbocycles. The van der Waals surface area contributed by atoms with Crippen molar-refractivity contribution in [2.45, 2.75) is 31.7 Å². The fraction of sp³-hybridized carbons (Fsp3) is 0.385. The molecule has 1 aliphatic carbocycles. The Morgan fingerprint density at radius 2 is 2.28 bits per heavy atom. The first-order valence-electron chi connectivity index (χ1n) is 6.24. The number of nitrogens with one attached hydrogen (secondary N) is 1. The number of H-pyrrole nitrogens is 1. The van der Waals surface area contributed by atoms with Crippen LogP contribution in [0.1, 0.15) is 36.7 Å². The highest BCUT2D eigenvalue weighted by molar-refractivity contribution is 5.41. The third-order valence-corrected chi connectivity index (χ3v) is 3.53. The summed E-state index contributed by atoms with van der Waals surface area (Å²) in [6, 6.07) is 8.02. The van der Waals surface area contributed by atoms with Crippen molar-refractivity contribution >= 4 is 5.69 Å². The molecule has 3 rings (SSSR count). The van der Waals surface area contributed by atoms with Gasteiger partial charge in [-0.3, -0.25) is 4.57 Å². The van der Waals surface area contributed by atoms with Crippen LogP contribution in [0.25, 0.3) is 0 Å². The van der Waals surface area contributed by atoms with E-state index in [4.69, 9.17) is 5.73 Å².